The van der Waals surface area contributed by atoms with Crippen LogP contribution in [0.5, 0.6) is 0 Å². The van der Waals surface area contributed by atoms with Crippen LogP contribution in [-0.2, 0) is 0 Å². The van der Waals surface area contributed by atoms with Crippen molar-refractivity contribution < 1.29 is 0 Å². The zero-order valence-electron chi connectivity index (χ0n) is 17.4. The molecular formula is C25H38. The monoisotopic (exact) mass is 338 g/mol. The number of fused-ring (bicyclic) bond motifs is 1. The lowest BCUT2D eigenvalue weighted by Gasteiger charge is -2.42. The SMILES string of the molecule is CCC(C)C1CCC2C(C#CC3=C(C)C(C)CC(C)C3)=CCCC21C. The fourth-order valence-electron chi connectivity index (χ4n) is 6.14. The average Bonchev–Trinajstić information content (AvgIpc) is 2.93. The molecule has 138 valence electrons. The van der Waals surface area contributed by atoms with Gasteiger partial charge in [-0.25, -0.2) is 0 Å². The van der Waals surface area contributed by atoms with Gasteiger partial charge < -0.3 is 0 Å². The summed E-state index contributed by atoms with van der Waals surface area (Å²) in [4.78, 5) is 0. The van der Waals surface area contributed by atoms with Crippen molar-refractivity contribution in [1.82, 2.24) is 0 Å². The van der Waals surface area contributed by atoms with Gasteiger partial charge in [0.1, 0.15) is 0 Å². The summed E-state index contributed by atoms with van der Waals surface area (Å²) in [5.74, 6) is 11.3. The second kappa shape index (κ2) is 7.34. The molecule has 0 heteroatoms. The Kier molecular flexibility index (Phi) is 5.53. The molecule has 6 unspecified atom stereocenters. The van der Waals surface area contributed by atoms with Gasteiger partial charge in [-0.05, 0) is 80.5 Å². The lowest BCUT2D eigenvalue weighted by molar-refractivity contribution is 0.112. The highest BCUT2D eigenvalue weighted by Crippen LogP contribution is 2.58. The van der Waals surface area contributed by atoms with E-state index in [1.165, 1.54) is 56.1 Å². The summed E-state index contributed by atoms with van der Waals surface area (Å²) in [6.45, 7) is 14.5. The van der Waals surface area contributed by atoms with Crippen LogP contribution in [0.3, 0.4) is 0 Å². The molecule has 0 heterocycles. The minimum Gasteiger partial charge on any atom is -0.0726 e. The summed E-state index contributed by atoms with van der Waals surface area (Å²) in [5, 5.41) is 0. The van der Waals surface area contributed by atoms with Crippen molar-refractivity contribution in [2.75, 3.05) is 0 Å². The van der Waals surface area contributed by atoms with E-state index in [9.17, 15) is 0 Å². The van der Waals surface area contributed by atoms with Crippen molar-refractivity contribution in [3.63, 3.8) is 0 Å². The Bertz CT molecular complexity index is 622. The largest absolute Gasteiger partial charge is 0.0726 e. The van der Waals surface area contributed by atoms with Gasteiger partial charge in [0.2, 0.25) is 0 Å². The Morgan fingerprint density at radius 2 is 2.00 bits per heavy atom. The molecule has 0 amide bonds. The molecule has 3 aliphatic rings. The predicted molar refractivity (Wildman–Crippen MR) is 109 cm³/mol. The highest BCUT2D eigenvalue weighted by molar-refractivity contribution is 5.44. The molecular weight excluding hydrogens is 300 g/mol. The maximum absolute atomic E-state index is 3.69. The van der Waals surface area contributed by atoms with E-state index in [-0.39, 0.29) is 0 Å². The van der Waals surface area contributed by atoms with Crippen molar-refractivity contribution in [3.05, 3.63) is 22.8 Å². The van der Waals surface area contributed by atoms with Gasteiger partial charge in [-0.2, -0.15) is 0 Å². The second-order valence-electron chi connectivity index (χ2n) is 9.68. The topological polar surface area (TPSA) is 0 Å². The molecule has 0 nitrogen and oxygen atoms in total. The standard InChI is InChI=1S/C25H38/c1-7-18(3)23-12-13-24-21(9-8-14-25(23,24)6)10-11-22-16-17(2)15-19(4)20(22)5/h9,17-19,23-24H,7-8,12-16H2,1-6H3. The summed E-state index contributed by atoms with van der Waals surface area (Å²) in [6.07, 6.45) is 11.7. The molecule has 0 bridgehead atoms. The molecule has 0 saturated heterocycles. The van der Waals surface area contributed by atoms with E-state index in [0.717, 1.165) is 17.8 Å². The molecule has 6 atom stereocenters. The summed E-state index contributed by atoms with van der Waals surface area (Å²) in [7, 11) is 0. The first-order chi connectivity index (χ1) is 11.9. The maximum atomic E-state index is 3.69. The van der Waals surface area contributed by atoms with Crippen molar-refractivity contribution in [1.29, 1.82) is 0 Å². The van der Waals surface area contributed by atoms with Crippen molar-refractivity contribution in [3.8, 4) is 11.8 Å². The van der Waals surface area contributed by atoms with Gasteiger partial charge in [-0.1, -0.05) is 64.5 Å². The summed E-state index contributed by atoms with van der Waals surface area (Å²) in [6, 6.07) is 0. The number of allylic oxidation sites excluding steroid dienone is 4. The lowest BCUT2D eigenvalue weighted by Crippen LogP contribution is -2.34. The Balaban J connectivity index is 1.84. The fourth-order valence-corrected chi connectivity index (χ4v) is 6.14. The fraction of sp³-hybridized carbons (Fsp3) is 0.760. The smallest absolute Gasteiger partial charge is 0.00206 e. The van der Waals surface area contributed by atoms with Gasteiger partial charge in [-0.15, -0.1) is 0 Å². The Morgan fingerprint density at radius 3 is 2.72 bits per heavy atom. The van der Waals surface area contributed by atoms with E-state index in [4.69, 9.17) is 0 Å². The maximum Gasteiger partial charge on any atom is 0.00206 e. The highest BCUT2D eigenvalue weighted by atomic mass is 14.5. The van der Waals surface area contributed by atoms with Crippen LogP contribution in [0.2, 0.25) is 0 Å². The third-order valence-electron chi connectivity index (χ3n) is 8.04. The minimum atomic E-state index is 0.491. The summed E-state index contributed by atoms with van der Waals surface area (Å²) >= 11 is 0. The molecule has 0 aromatic heterocycles. The van der Waals surface area contributed by atoms with Crippen LogP contribution in [0, 0.1) is 46.8 Å². The molecule has 3 rings (SSSR count). The molecule has 0 aliphatic heterocycles. The Labute approximate surface area is 156 Å². The number of hydrogen-bond donors (Lipinski definition) is 0. The minimum absolute atomic E-state index is 0.491. The third-order valence-corrected chi connectivity index (χ3v) is 8.04. The molecule has 1 fully saturated rings. The van der Waals surface area contributed by atoms with E-state index >= 15 is 0 Å². The zero-order valence-corrected chi connectivity index (χ0v) is 17.4. The first kappa shape index (κ1) is 18.8. The quantitative estimate of drug-likeness (QED) is 0.468. The Hall–Kier alpha value is -0.960. The summed E-state index contributed by atoms with van der Waals surface area (Å²) < 4.78 is 0. The lowest BCUT2D eigenvalue weighted by atomic mass is 9.62. The van der Waals surface area contributed by atoms with E-state index in [1.54, 1.807) is 5.57 Å². The Morgan fingerprint density at radius 1 is 1.24 bits per heavy atom. The van der Waals surface area contributed by atoms with Crippen LogP contribution in [-0.4, -0.2) is 0 Å². The van der Waals surface area contributed by atoms with Crippen LogP contribution in [0.1, 0.15) is 86.5 Å². The molecule has 25 heavy (non-hydrogen) atoms. The molecule has 1 saturated carbocycles. The van der Waals surface area contributed by atoms with Crippen molar-refractivity contribution in [2.45, 2.75) is 86.5 Å². The average molecular weight is 339 g/mol. The molecule has 0 N–H and O–H groups in total. The predicted octanol–water partition coefficient (Wildman–Crippen LogP) is 7.17. The van der Waals surface area contributed by atoms with Gasteiger partial charge in [-0.3, -0.25) is 0 Å². The number of rotatable bonds is 2. The van der Waals surface area contributed by atoms with Crippen LogP contribution < -0.4 is 0 Å². The van der Waals surface area contributed by atoms with Gasteiger partial charge in [0.05, 0.1) is 0 Å². The van der Waals surface area contributed by atoms with Crippen molar-refractivity contribution >= 4 is 0 Å². The number of hydrogen-bond acceptors (Lipinski definition) is 0. The van der Waals surface area contributed by atoms with Gasteiger partial charge in [0.25, 0.3) is 0 Å². The molecule has 0 radical (unpaired) electrons. The summed E-state index contributed by atoms with van der Waals surface area (Å²) in [5.41, 5.74) is 4.96. The van der Waals surface area contributed by atoms with E-state index in [2.05, 4.69) is 59.5 Å². The first-order valence-corrected chi connectivity index (χ1v) is 10.8. The zero-order chi connectivity index (χ0) is 18.2. The van der Waals surface area contributed by atoms with Crippen LogP contribution in [0.4, 0.5) is 0 Å². The normalized spacial score (nSPS) is 39.4. The first-order valence-electron chi connectivity index (χ1n) is 10.8. The molecule has 0 aromatic carbocycles. The van der Waals surface area contributed by atoms with E-state index < -0.39 is 0 Å². The van der Waals surface area contributed by atoms with Gasteiger partial charge >= 0.3 is 0 Å². The molecule has 0 spiro atoms. The van der Waals surface area contributed by atoms with E-state index in [0.29, 0.717) is 17.3 Å². The van der Waals surface area contributed by atoms with Crippen molar-refractivity contribution in [2.24, 2.45) is 35.0 Å². The van der Waals surface area contributed by atoms with Gasteiger partial charge in [0, 0.05) is 11.1 Å². The molecule has 3 aliphatic carbocycles. The van der Waals surface area contributed by atoms with Crippen LogP contribution in [0.25, 0.3) is 0 Å². The second-order valence-corrected chi connectivity index (χ2v) is 9.68. The van der Waals surface area contributed by atoms with Crippen LogP contribution in [0.15, 0.2) is 22.8 Å². The third kappa shape index (κ3) is 3.49. The highest BCUT2D eigenvalue weighted by Gasteiger charge is 2.49. The van der Waals surface area contributed by atoms with E-state index in [1.807, 2.05) is 0 Å². The van der Waals surface area contributed by atoms with Crippen LogP contribution >= 0.6 is 0 Å². The molecule has 0 aromatic rings. The van der Waals surface area contributed by atoms with Gasteiger partial charge in [0.15, 0.2) is 0 Å².